The average molecular weight is 247 g/mol. The molecule has 0 radical (unpaired) electrons. The van der Waals surface area contributed by atoms with Gasteiger partial charge in [-0.1, -0.05) is 0 Å². The highest BCUT2D eigenvalue weighted by Crippen LogP contribution is 2.13. The third-order valence-electron chi connectivity index (χ3n) is 0.924. The number of hydrogen-bond acceptors (Lipinski definition) is 4. The van der Waals surface area contributed by atoms with Gasteiger partial charge in [-0.2, -0.15) is 0 Å². The Kier molecular flexibility index (Phi) is 6.58. The van der Waals surface area contributed by atoms with E-state index in [0.29, 0.717) is 0 Å². The van der Waals surface area contributed by atoms with Gasteiger partial charge in [-0.05, 0) is 69.5 Å². The van der Waals surface area contributed by atoms with E-state index in [-0.39, 0.29) is 0 Å². The number of nitrogens with zero attached hydrogens (tertiary/aromatic N) is 4. The summed E-state index contributed by atoms with van der Waals surface area (Å²) in [6, 6.07) is 0. The summed E-state index contributed by atoms with van der Waals surface area (Å²) in [4.78, 5) is 0. The van der Waals surface area contributed by atoms with E-state index in [4.69, 9.17) is 0 Å². The summed E-state index contributed by atoms with van der Waals surface area (Å²) in [5.41, 5.74) is 0. The van der Waals surface area contributed by atoms with Crippen molar-refractivity contribution in [3.63, 3.8) is 0 Å². The van der Waals surface area contributed by atoms with E-state index in [1.54, 1.807) is 0 Å². The Morgan fingerprint density at radius 3 is 1.00 bits per heavy atom. The second-order valence-corrected chi connectivity index (χ2v) is 2.41. The Balaban J connectivity index is 5.39. The van der Waals surface area contributed by atoms with Crippen LogP contribution in [0.4, 0.5) is 0 Å². The molecular formula is C4H4BN4S4+3. The fourth-order valence-electron chi connectivity index (χ4n) is 0.483. The maximum absolute atomic E-state index is 3.67. The molecule has 0 spiro atoms. The molecule has 0 fully saturated rings. The molecule has 0 atom stereocenters. The molecule has 0 N–H and O–H groups in total. The van der Waals surface area contributed by atoms with Crippen LogP contribution in [0.5, 0.6) is 0 Å². The summed E-state index contributed by atoms with van der Waals surface area (Å²) >= 11 is 14.6. The van der Waals surface area contributed by atoms with Gasteiger partial charge in [-0.15, -0.1) is 0 Å². The van der Waals surface area contributed by atoms with Gasteiger partial charge in [0.1, 0.15) is 0 Å². The molecule has 0 aromatic carbocycles. The van der Waals surface area contributed by atoms with Crippen LogP contribution in [0.25, 0.3) is 19.0 Å². The first-order valence-corrected chi connectivity index (χ1v) is 4.61. The minimum Gasteiger partial charge on any atom is -0.0342 e. The Hall–Kier alpha value is -0.575. The van der Waals surface area contributed by atoms with Crippen LogP contribution in [-0.4, -0.2) is 6.69 Å². The van der Waals surface area contributed by atoms with E-state index in [2.05, 4.69) is 91.1 Å². The first-order valence-electron chi connectivity index (χ1n) is 2.82. The van der Waals surface area contributed by atoms with Crippen LogP contribution in [0.2, 0.25) is 0 Å². The molecule has 0 saturated heterocycles. The Morgan fingerprint density at radius 2 is 0.846 bits per heavy atom. The number of thiol groups is 4. The van der Waals surface area contributed by atoms with E-state index in [0.717, 1.165) is 0 Å². The maximum atomic E-state index is 3.67. The Morgan fingerprint density at radius 1 is 0.615 bits per heavy atom. The number of rotatable bonds is 0. The molecule has 0 bridgehead atoms. The van der Waals surface area contributed by atoms with Gasteiger partial charge >= 0.3 is 6.69 Å². The highest BCUT2D eigenvalue weighted by atomic mass is 32.1. The third-order valence-corrected chi connectivity index (χ3v) is 1.39. The lowest BCUT2D eigenvalue weighted by atomic mass is 9.82. The van der Waals surface area contributed by atoms with Crippen molar-refractivity contribution in [3.05, 3.63) is 19.0 Å². The molecule has 64 valence electrons. The van der Waals surface area contributed by atoms with Gasteiger partial charge in [0.15, 0.2) is 0 Å². The molecule has 13 heavy (non-hydrogen) atoms. The molecular weight excluding hydrogens is 243 g/mol. The van der Waals surface area contributed by atoms with E-state index >= 15 is 0 Å². The second-order valence-electron chi connectivity index (χ2n) is 1.61. The predicted octanol–water partition coefficient (Wildman–Crippen LogP) is 2.30. The summed E-state index contributed by atoms with van der Waals surface area (Å²) in [6.07, 6.45) is 0. The monoisotopic (exact) mass is 247 g/mol. The molecule has 0 aliphatic carbocycles. The minimum atomic E-state index is -2.22. The lowest BCUT2D eigenvalue weighted by Crippen LogP contribution is -2.15. The normalized spacial score (nSPS) is 7.08. The zero-order valence-corrected chi connectivity index (χ0v) is 9.73. The van der Waals surface area contributed by atoms with Crippen molar-refractivity contribution in [1.82, 2.24) is 0 Å². The zero-order chi connectivity index (χ0) is 10.2. The van der Waals surface area contributed by atoms with Crippen molar-refractivity contribution in [2.24, 2.45) is 0 Å². The zero-order valence-electron chi connectivity index (χ0n) is 6.16. The molecule has 0 aromatic heterocycles. The molecule has 0 aliphatic rings. The van der Waals surface area contributed by atoms with E-state index < -0.39 is 6.69 Å². The first-order chi connectivity index (χ1) is 6.24. The van der Waals surface area contributed by atoms with Crippen LogP contribution in [0.15, 0.2) is 0 Å². The van der Waals surface area contributed by atoms with Crippen molar-refractivity contribution in [1.29, 1.82) is 0 Å². The van der Waals surface area contributed by atoms with Crippen molar-refractivity contribution in [2.75, 3.05) is 0 Å². The lowest BCUT2D eigenvalue weighted by molar-refractivity contribution is 2.07. The summed E-state index contributed by atoms with van der Waals surface area (Å²) in [5, 5.41) is 8.83. The van der Waals surface area contributed by atoms with Gasteiger partial charge in [0.05, 0.1) is 0 Å². The topological polar surface area (TPSA) is 17.4 Å². The maximum Gasteiger partial charge on any atom is 1.52 e. The molecule has 0 heterocycles. The van der Waals surface area contributed by atoms with Crippen LogP contribution in [-0.2, 0) is 0 Å². The molecule has 0 rings (SSSR count). The van der Waals surface area contributed by atoms with E-state index in [1.807, 2.05) is 0 Å². The van der Waals surface area contributed by atoms with Crippen LogP contribution >= 0.6 is 50.5 Å². The second kappa shape index (κ2) is 6.89. The van der Waals surface area contributed by atoms with Crippen molar-refractivity contribution >= 4 is 57.2 Å². The van der Waals surface area contributed by atoms with Gasteiger partial charge in [0.25, 0.3) is 21.6 Å². The highest BCUT2D eigenvalue weighted by molar-refractivity contribution is 7.86. The fraction of sp³-hybridized carbons (Fsp3) is 0. The molecule has 0 aromatic rings. The van der Waals surface area contributed by atoms with Crippen LogP contribution in [0, 0.1) is 21.6 Å². The van der Waals surface area contributed by atoms with Gasteiger partial charge in [0, 0.05) is 0 Å². The van der Waals surface area contributed by atoms with Crippen molar-refractivity contribution < 1.29 is 0 Å². The summed E-state index contributed by atoms with van der Waals surface area (Å²) in [5.74, 6) is 0. The van der Waals surface area contributed by atoms with Crippen LogP contribution in [0.1, 0.15) is 0 Å². The molecule has 0 amide bonds. The molecule has 4 nitrogen and oxygen atoms in total. The molecule has 0 saturated carbocycles. The minimum absolute atomic E-state index is 2.21. The quantitative estimate of drug-likeness (QED) is 0.286. The van der Waals surface area contributed by atoms with E-state index in [1.165, 1.54) is 0 Å². The summed E-state index contributed by atoms with van der Waals surface area (Å²) < 4.78 is 14.7. The van der Waals surface area contributed by atoms with Gasteiger partial charge < -0.3 is 0 Å². The van der Waals surface area contributed by atoms with Gasteiger partial charge in [0.2, 0.25) is 0 Å². The van der Waals surface area contributed by atoms with E-state index in [9.17, 15) is 0 Å². The average Bonchev–Trinajstić information content (AvgIpc) is 2.06. The lowest BCUT2D eigenvalue weighted by Gasteiger charge is -1.59. The Labute approximate surface area is 97.6 Å². The molecule has 0 unspecified atom stereocenters. The highest BCUT2D eigenvalue weighted by Gasteiger charge is 2.94. The predicted molar refractivity (Wildman–Crippen MR) is 70.7 cm³/mol. The number of thiocyanates is 4. The largest absolute Gasteiger partial charge is 1.52 e. The fourth-order valence-corrected chi connectivity index (χ4v) is 1.10. The number of hydrogen-bond donors (Lipinski definition) is 4. The van der Waals surface area contributed by atoms with Crippen molar-refractivity contribution in [3.8, 4) is 21.6 Å². The van der Waals surface area contributed by atoms with Crippen molar-refractivity contribution in [2.45, 2.75) is 0 Å². The summed E-state index contributed by atoms with van der Waals surface area (Å²) in [7, 11) is 0. The summed E-state index contributed by atoms with van der Waals surface area (Å²) in [6.45, 7) is -2.22. The van der Waals surface area contributed by atoms with Gasteiger partial charge in [-0.3, -0.25) is 0 Å². The van der Waals surface area contributed by atoms with Crippen LogP contribution in [0.3, 0.4) is 0 Å². The standard InChI is InChI=1S/C4HBN4S4/c10-1-6-5(7-2-11,8-3-12)9-4-13/h(H-3,10,11,12,13)/p+3. The smallest absolute Gasteiger partial charge is 0.0342 e. The SMILES string of the molecule is SC#[N+][B-]([N+]#CS)([N+]#CS)[N+]#CS. The Bertz CT molecular complexity index is 332. The third kappa shape index (κ3) is 4.27. The molecule has 9 heteroatoms. The molecule has 0 aliphatic heterocycles. The first kappa shape index (κ1) is 12.4. The van der Waals surface area contributed by atoms with Gasteiger partial charge in [-0.25, -0.2) is 0 Å². The van der Waals surface area contributed by atoms with Crippen LogP contribution < -0.4 is 0 Å².